The Morgan fingerprint density at radius 1 is 1.64 bits per heavy atom. The summed E-state index contributed by atoms with van der Waals surface area (Å²) in [4.78, 5) is 0. The summed E-state index contributed by atoms with van der Waals surface area (Å²) in [5.41, 5.74) is 0.0168. The van der Waals surface area contributed by atoms with Crippen molar-refractivity contribution in [3.05, 3.63) is 24.8 Å². The predicted octanol–water partition coefficient (Wildman–Crippen LogP) is 2.10. The van der Waals surface area contributed by atoms with Gasteiger partial charge in [-0.3, -0.25) is 0 Å². The Morgan fingerprint density at radius 3 is 2.82 bits per heavy atom. The van der Waals surface area contributed by atoms with Gasteiger partial charge in [-0.2, -0.15) is 0 Å². The van der Waals surface area contributed by atoms with Gasteiger partial charge in [0.1, 0.15) is 11.7 Å². The molecular formula is C10H13O. The van der Waals surface area contributed by atoms with Crippen LogP contribution in [0.1, 0.15) is 20.3 Å². The van der Waals surface area contributed by atoms with E-state index in [0.29, 0.717) is 0 Å². The summed E-state index contributed by atoms with van der Waals surface area (Å²) in [6.45, 7) is 9.96. The number of epoxide rings is 1. The van der Waals surface area contributed by atoms with E-state index < -0.39 is 0 Å². The van der Waals surface area contributed by atoms with Crippen molar-refractivity contribution in [3.63, 3.8) is 0 Å². The fourth-order valence-electron chi connectivity index (χ4n) is 1.91. The second-order valence-corrected chi connectivity index (χ2v) is 4.01. The first-order valence-corrected chi connectivity index (χ1v) is 4.03. The molecule has 1 aliphatic heterocycles. The van der Waals surface area contributed by atoms with Crippen molar-refractivity contribution in [2.45, 2.75) is 32.0 Å². The summed E-state index contributed by atoms with van der Waals surface area (Å²) in [5.74, 6) is 0. The molecular weight excluding hydrogens is 136 g/mol. The molecule has 2 unspecified atom stereocenters. The van der Waals surface area contributed by atoms with Crippen LogP contribution in [0.4, 0.5) is 0 Å². The number of ether oxygens (including phenoxy) is 1. The zero-order valence-corrected chi connectivity index (χ0v) is 7.00. The average Bonchev–Trinajstić information content (AvgIpc) is 2.63. The largest absolute Gasteiger partial charge is 0.357 e. The third-order valence-corrected chi connectivity index (χ3v) is 2.93. The van der Waals surface area contributed by atoms with Gasteiger partial charge in [0.25, 0.3) is 0 Å². The normalized spacial score (nSPS) is 44.7. The Bertz CT molecular complexity index is 227. The highest BCUT2D eigenvalue weighted by Crippen LogP contribution is 2.56. The lowest BCUT2D eigenvalue weighted by molar-refractivity contribution is 0.183. The van der Waals surface area contributed by atoms with Crippen LogP contribution >= 0.6 is 0 Å². The summed E-state index contributed by atoms with van der Waals surface area (Å²) in [6.07, 6.45) is 7.29. The maximum atomic E-state index is 5.57. The molecule has 1 aliphatic carbocycles. The Labute approximate surface area is 67.7 Å². The first kappa shape index (κ1) is 7.11. The van der Waals surface area contributed by atoms with Crippen LogP contribution in [-0.2, 0) is 4.74 Å². The highest BCUT2D eigenvalue weighted by atomic mass is 16.6. The van der Waals surface area contributed by atoms with Crippen LogP contribution in [-0.4, -0.2) is 11.7 Å². The van der Waals surface area contributed by atoms with E-state index in [0.717, 1.165) is 6.42 Å². The zero-order valence-electron chi connectivity index (χ0n) is 7.00. The maximum absolute atomic E-state index is 5.57. The number of rotatable bonds is 1. The van der Waals surface area contributed by atoms with E-state index in [2.05, 4.69) is 26.0 Å². The summed E-state index contributed by atoms with van der Waals surface area (Å²) in [7, 11) is 0. The smallest absolute Gasteiger partial charge is 0.122 e. The molecule has 2 atom stereocenters. The molecule has 0 aromatic rings. The molecule has 2 aliphatic rings. The molecule has 59 valence electrons. The standard InChI is InChI=1S/C10H13O/c1-4-10-8(11-10)6-5-7-9(10,2)3/h1,4-6,8H,7H2,2-3H3. The van der Waals surface area contributed by atoms with Crippen LogP contribution in [0, 0.1) is 12.0 Å². The third-order valence-electron chi connectivity index (χ3n) is 2.93. The molecule has 0 saturated carbocycles. The van der Waals surface area contributed by atoms with Crippen LogP contribution < -0.4 is 0 Å². The van der Waals surface area contributed by atoms with Gasteiger partial charge >= 0.3 is 0 Å². The Balaban J connectivity index is 2.37. The van der Waals surface area contributed by atoms with Crippen molar-refractivity contribution >= 4 is 0 Å². The monoisotopic (exact) mass is 149 g/mol. The summed E-state index contributed by atoms with van der Waals surface area (Å²) < 4.78 is 5.56. The minimum Gasteiger partial charge on any atom is -0.357 e. The summed E-state index contributed by atoms with van der Waals surface area (Å²) in [6, 6.07) is 0. The highest BCUT2D eigenvalue weighted by molar-refractivity contribution is 5.30. The molecule has 1 radical (unpaired) electrons. The van der Waals surface area contributed by atoms with Gasteiger partial charge in [0.2, 0.25) is 0 Å². The molecule has 1 nitrogen and oxygen atoms in total. The van der Waals surface area contributed by atoms with Gasteiger partial charge in [0, 0.05) is 5.41 Å². The topological polar surface area (TPSA) is 12.5 Å². The first-order chi connectivity index (χ1) is 5.12. The molecule has 1 fully saturated rings. The zero-order chi connectivity index (χ0) is 8.11. The lowest BCUT2D eigenvalue weighted by Crippen LogP contribution is -2.34. The van der Waals surface area contributed by atoms with Gasteiger partial charge in [0.05, 0.1) is 0 Å². The maximum Gasteiger partial charge on any atom is 0.122 e. The molecule has 2 rings (SSSR count). The summed E-state index contributed by atoms with van der Waals surface area (Å²) >= 11 is 0. The molecule has 11 heavy (non-hydrogen) atoms. The molecule has 1 heterocycles. The average molecular weight is 149 g/mol. The molecule has 0 N–H and O–H groups in total. The molecule has 1 saturated heterocycles. The van der Waals surface area contributed by atoms with Crippen LogP contribution in [0.15, 0.2) is 18.2 Å². The second-order valence-electron chi connectivity index (χ2n) is 4.01. The van der Waals surface area contributed by atoms with E-state index in [4.69, 9.17) is 11.3 Å². The van der Waals surface area contributed by atoms with E-state index >= 15 is 0 Å². The quantitative estimate of drug-likeness (QED) is 0.411. The van der Waals surface area contributed by atoms with Gasteiger partial charge in [-0.1, -0.05) is 32.6 Å². The van der Waals surface area contributed by atoms with E-state index in [-0.39, 0.29) is 17.1 Å². The number of hydrogen-bond donors (Lipinski definition) is 0. The Hall–Kier alpha value is -0.560. The van der Waals surface area contributed by atoms with E-state index in [1.807, 2.05) is 0 Å². The van der Waals surface area contributed by atoms with Crippen molar-refractivity contribution in [2.75, 3.05) is 0 Å². The molecule has 0 bridgehead atoms. The van der Waals surface area contributed by atoms with Crippen molar-refractivity contribution in [3.8, 4) is 0 Å². The molecule has 0 aromatic heterocycles. The first-order valence-electron chi connectivity index (χ1n) is 4.03. The van der Waals surface area contributed by atoms with Gasteiger partial charge in [-0.05, 0) is 12.5 Å². The fraction of sp³-hybridized carbons (Fsp3) is 0.600. The SMILES string of the molecule is [CH]=CC12OC1C=CCC2(C)C. The third kappa shape index (κ3) is 0.694. The summed E-state index contributed by atoms with van der Waals surface area (Å²) in [5, 5.41) is 0. The molecule has 1 heteroatoms. The van der Waals surface area contributed by atoms with E-state index in [1.165, 1.54) is 0 Å². The van der Waals surface area contributed by atoms with Crippen molar-refractivity contribution in [1.82, 2.24) is 0 Å². The number of hydrogen-bond acceptors (Lipinski definition) is 1. The van der Waals surface area contributed by atoms with Crippen molar-refractivity contribution < 1.29 is 4.74 Å². The molecule has 0 amide bonds. The lowest BCUT2D eigenvalue weighted by atomic mass is 9.71. The second kappa shape index (κ2) is 1.78. The van der Waals surface area contributed by atoms with Gasteiger partial charge in [-0.25, -0.2) is 0 Å². The van der Waals surface area contributed by atoms with Crippen LogP contribution in [0.25, 0.3) is 0 Å². The van der Waals surface area contributed by atoms with Crippen LogP contribution in [0.5, 0.6) is 0 Å². The fourth-order valence-corrected chi connectivity index (χ4v) is 1.91. The van der Waals surface area contributed by atoms with Crippen LogP contribution in [0.3, 0.4) is 0 Å². The highest BCUT2D eigenvalue weighted by Gasteiger charge is 2.63. The van der Waals surface area contributed by atoms with Crippen LogP contribution in [0.2, 0.25) is 0 Å². The predicted molar refractivity (Wildman–Crippen MR) is 44.0 cm³/mol. The number of allylic oxidation sites excluding steroid dienone is 1. The molecule has 0 aromatic carbocycles. The minimum absolute atomic E-state index is 0.151. The Morgan fingerprint density at radius 2 is 2.36 bits per heavy atom. The number of fused-ring (bicyclic) bond motifs is 1. The van der Waals surface area contributed by atoms with Gasteiger partial charge in [-0.15, -0.1) is 0 Å². The van der Waals surface area contributed by atoms with Gasteiger partial charge in [0.15, 0.2) is 0 Å². The van der Waals surface area contributed by atoms with Gasteiger partial charge < -0.3 is 4.74 Å². The van der Waals surface area contributed by atoms with E-state index in [1.54, 1.807) is 6.08 Å². The van der Waals surface area contributed by atoms with E-state index in [9.17, 15) is 0 Å². The Kier molecular flexibility index (Phi) is 1.15. The minimum atomic E-state index is -0.151. The van der Waals surface area contributed by atoms with Crippen molar-refractivity contribution in [2.24, 2.45) is 5.41 Å². The molecule has 0 spiro atoms. The lowest BCUT2D eigenvalue weighted by Gasteiger charge is -2.30. The van der Waals surface area contributed by atoms with Crippen molar-refractivity contribution in [1.29, 1.82) is 0 Å².